The number of hydrogen-bond donors (Lipinski definition) is 0. The summed E-state index contributed by atoms with van der Waals surface area (Å²) in [6.45, 7) is 5.19. The second-order valence-corrected chi connectivity index (χ2v) is 4.20. The van der Waals surface area contributed by atoms with Crippen LogP contribution >= 0.6 is 0 Å². The van der Waals surface area contributed by atoms with E-state index in [4.69, 9.17) is 0 Å². The van der Waals surface area contributed by atoms with E-state index in [0.29, 0.717) is 17.5 Å². The minimum absolute atomic E-state index is 0.0984. The molecule has 0 saturated heterocycles. The number of hydrogen-bond acceptors (Lipinski definition) is 1. The zero-order valence-electron chi connectivity index (χ0n) is 10.1. The summed E-state index contributed by atoms with van der Waals surface area (Å²) < 4.78 is 37.3. The van der Waals surface area contributed by atoms with Gasteiger partial charge >= 0.3 is 6.18 Å². The number of halogens is 3. The van der Waals surface area contributed by atoms with E-state index >= 15 is 0 Å². The van der Waals surface area contributed by atoms with E-state index in [0.717, 1.165) is 12.1 Å². The van der Waals surface area contributed by atoms with Crippen LogP contribution in [0.3, 0.4) is 0 Å². The summed E-state index contributed by atoms with van der Waals surface area (Å²) in [7, 11) is 0. The van der Waals surface area contributed by atoms with E-state index in [-0.39, 0.29) is 11.7 Å². The minimum Gasteiger partial charge on any atom is -0.294 e. The molecule has 0 aliphatic carbocycles. The van der Waals surface area contributed by atoms with Crippen LogP contribution in [0.5, 0.6) is 0 Å². The zero-order chi connectivity index (χ0) is 13.2. The van der Waals surface area contributed by atoms with E-state index in [2.05, 4.69) is 0 Å². The fourth-order valence-electron chi connectivity index (χ4n) is 1.57. The van der Waals surface area contributed by atoms with Crippen molar-refractivity contribution in [3.8, 4) is 0 Å². The molecule has 1 aromatic rings. The smallest absolute Gasteiger partial charge is 0.294 e. The highest BCUT2D eigenvalue weighted by atomic mass is 19.4. The Morgan fingerprint density at radius 3 is 2.35 bits per heavy atom. The molecule has 0 aliphatic heterocycles. The molecule has 0 heterocycles. The van der Waals surface area contributed by atoms with Crippen LogP contribution in [0.1, 0.15) is 41.8 Å². The molecule has 0 N–H and O–H groups in total. The van der Waals surface area contributed by atoms with Crippen LogP contribution in [0.4, 0.5) is 13.2 Å². The third-order valence-electron chi connectivity index (χ3n) is 2.88. The lowest BCUT2D eigenvalue weighted by Crippen LogP contribution is -2.13. The highest BCUT2D eigenvalue weighted by Crippen LogP contribution is 2.30. The maximum absolute atomic E-state index is 12.4. The summed E-state index contributed by atoms with van der Waals surface area (Å²) in [5, 5.41) is 0. The summed E-state index contributed by atoms with van der Waals surface area (Å²) in [4.78, 5) is 11.9. The molecule has 1 unspecified atom stereocenters. The Hall–Kier alpha value is -1.32. The first kappa shape index (κ1) is 13.7. The molecule has 94 valence electrons. The number of Topliss-reactive ketones (excluding diaryl/α,β-unsaturated/α-hetero) is 1. The molecular weight excluding hydrogens is 229 g/mol. The molecule has 0 amide bonds. The normalized spacial score (nSPS) is 13.5. The molecule has 1 rings (SSSR count). The number of carbonyl (C=O) groups excluding carboxylic acids is 1. The third kappa shape index (κ3) is 3.08. The molecule has 1 atom stereocenters. The van der Waals surface area contributed by atoms with Crippen molar-refractivity contribution in [1.29, 1.82) is 0 Å². The summed E-state index contributed by atoms with van der Waals surface area (Å²) >= 11 is 0. The van der Waals surface area contributed by atoms with Gasteiger partial charge in [-0.3, -0.25) is 4.79 Å². The maximum atomic E-state index is 12.4. The molecule has 0 aromatic heterocycles. The second-order valence-electron chi connectivity index (χ2n) is 4.20. The Balaban J connectivity index is 3.11. The Morgan fingerprint density at radius 2 is 1.94 bits per heavy atom. The Labute approximate surface area is 98.6 Å². The first-order chi connectivity index (χ1) is 7.77. The standard InChI is InChI=1S/C13H15F3O/c1-4-8(2)12(17)11-6-5-10(7-9(11)3)13(14,15)16/h5-8H,4H2,1-3H3. The molecule has 0 aliphatic rings. The van der Waals surface area contributed by atoms with Gasteiger partial charge in [0.15, 0.2) is 5.78 Å². The highest BCUT2D eigenvalue weighted by molar-refractivity contribution is 5.98. The van der Waals surface area contributed by atoms with E-state index < -0.39 is 11.7 Å². The first-order valence-corrected chi connectivity index (χ1v) is 5.49. The quantitative estimate of drug-likeness (QED) is 0.727. The van der Waals surface area contributed by atoms with Gasteiger partial charge in [-0.1, -0.05) is 19.9 Å². The fourth-order valence-corrected chi connectivity index (χ4v) is 1.57. The van der Waals surface area contributed by atoms with Crippen LogP contribution in [0.15, 0.2) is 18.2 Å². The molecule has 1 aromatic carbocycles. The molecule has 1 nitrogen and oxygen atoms in total. The molecule has 4 heteroatoms. The minimum atomic E-state index is -4.36. The van der Waals surface area contributed by atoms with Gasteiger partial charge in [-0.05, 0) is 31.0 Å². The lowest BCUT2D eigenvalue weighted by atomic mass is 9.93. The SMILES string of the molecule is CCC(C)C(=O)c1ccc(C(F)(F)F)cc1C. The Kier molecular flexibility index (Phi) is 3.96. The lowest BCUT2D eigenvalue weighted by Gasteiger charge is -2.13. The van der Waals surface area contributed by atoms with Crippen LogP contribution < -0.4 is 0 Å². The van der Waals surface area contributed by atoms with Crippen molar-refractivity contribution in [3.63, 3.8) is 0 Å². The largest absolute Gasteiger partial charge is 0.416 e. The maximum Gasteiger partial charge on any atom is 0.416 e. The van der Waals surface area contributed by atoms with Crippen molar-refractivity contribution < 1.29 is 18.0 Å². The Bertz CT molecular complexity index is 421. The molecule has 0 spiro atoms. The predicted octanol–water partition coefficient (Wildman–Crippen LogP) is 4.24. The molecule has 0 saturated carbocycles. The van der Waals surface area contributed by atoms with Crippen molar-refractivity contribution in [3.05, 3.63) is 34.9 Å². The van der Waals surface area contributed by atoms with Gasteiger partial charge in [0.2, 0.25) is 0 Å². The van der Waals surface area contributed by atoms with Gasteiger partial charge in [0, 0.05) is 11.5 Å². The second kappa shape index (κ2) is 4.90. The topological polar surface area (TPSA) is 17.1 Å². The van der Waals surface area contributed by atoms with Gasteiger partial charge in [0.25, 0.3) is 0 Å². The van der Waals surface area contributed by atoms with Crippen molar-refractivity contribution in [2.24, 2.45) is 5.92 Å². The third-order valence-corrected chi connectivity index (χ3v) is 2.88. The van der Waals surface area contributed by atoms with Crippen LogP contribution in [0.25, 0.3) is 0 Å². The van der Waals surface area contributed by atoms with Gasteiger partial charge in [-0.2, -0.15) is 13.2 Å². The summed E-state index contributed by atoms with van der Waals surface area (Å²) in [6, 6.07) is 3.25. The van der Waals surface area contributed by atoms with Gasteiger partial charge < -0.3 is 0 Å². The fraction of sp³-hybridized carbons (Fsp3) is 0.462. The lowest BCUT2D eigenvalue weighted by molar-refractivity contribution is -0.137. The van der Waals surface area contributed by atoms with Gasteiger partial charge in [-0.15, -0.1) is 0 Å². The van der Waals surface area contributed by atoms with Crippen LogP contribution in [0, 0.1) is 12.8 Å². The summed E-state index contributed by atoms with van der Waals surface area (Å²) in [6.07, 6.45) is -3.68. The summed E-state index contributed by atoms with van der Waals surface area (Å²) in [5.74, 6) is -0.260. The molecule has 17 heavy (non-hydrogen) atoms. The number of carbonyl (C=O) groups is 1. The van der Waals surface area contributed by atoms with Crippen molar-refractivity contribution in [1.82, 2.24) is 0 Å². The average molecular weight is 244 g/mol. The number of ketones is 1. The first-order valence-electron chi connectivity index (χ1n) is 5.49. The number of benzene rings is 1. The van der Waals surface area contributed by atoms with Gasteiger partial charge in [-0.25, -0.2) is 0 Å². The predicted molar refractivity (Wildman–Crippen MR) is 60.0 cm³/mol. The van der Waals surface area contributed by atoms with Gasteiger partial charge in [0.05, 0.1) is 5.56 Å². The van der Waals surface area contributed by atoms with Crippen LogP contribution in [-0.2, 0) is 6.18 Å². The van der Waals surface area contributed by atoms with Crippen molar-refractivity contribution in [2.75, 3.05) is 0 Å². The van der Waals surface area contributed by atoms with E-state index in [1.807, 2.05) is 6.92 Å². The zero-order valence-corrected chi connectivity index (χ0v) is 10.1. The van der Waals surface area contributed by atoms with Crippen LogP contribution in [-0.4, -0.2) is 5.78 Å². The monoisotopic (exact) mass is 244 g/mol. The Morgan fingerprint density at radius 1 is 1.35 bits per heavy atom. The average Bonchev–Trinajstić information content (AvgIpc) is 2.25. The summed E-state index contributed by atoms with van der Waals surface area (Å²) in [5.41, 5.74) is 0.0492. The van der Waals surface area contributed by atoms with Crippen molar-refractivity contribution in [2.45, 2.75) is 33.4 Å². The highest BCUT2D eigenvalue weighted by Gasteiger charge is 2.31. The van der Waals surface area contributed by atoms with Gasteiger partial charge in [0.1, 0.15) is 0 Å². The van der Waals surface area contributed by atoms with E-state index in [1.54, 1.807) is 6.92 Å². The van der Waals surface area contributed by atoms with E-state index in [1.165, 1.54) is 13.0 Å². The molecule has 0 bridgehead atoms. The van der Waals surface area contributed by atoms with Crippen LogP contribution in [0.2, 0.25) is 0 Å². The molecule has 0 radical (unpaired) electrons. The number of rotatable bonds is 3. The van der Waals surface area contributed by atoms with E-state index in [9.17, 15) is 18.0 Å². The van der Waals surface area contributed by atoms with Crippen molar-refractivity contribution >= 4 is 5.78 Å². The molecule has 0 fully saturated rings. The number of alkyl halides is 3. The molecular formula is C13H15F3O. The number of aryl methyl sites for hydroxylation is 1.